The van der Waals surface area contributed by atoms with E-state index in [4.69, 9.17) is 0 Å². The van der Waals surface area contributed by atoms with Gasteiger partial charge in [0.1, 0.15) is 11.6 Å². The highest BCUT2D eigenvalue weighted by atomic mass is 79.9. The quantitative estimate of drug-likeness (QED) is 0.768. The molecule has 0 bridgehead atoms. The fourth-order valence-electron chi connectivity index (χ4n) is 2.38. The number of amides is 1. The van der Waals surface area contributed by atoms with Gasteiger partial charge in [-0.25, -0.2) is 8.78 Å². The first-order chi connectivity index (χ1) is 9.49. The summed E-state index contributed by atoms with van der Waals surface area (Å²) in [6.07, 6.45) is 0.816. The number of carbonyl (C=O) groups excluding carboxylic acids is 1. The smallest absolute Gasteiger partial charge is 0.219 e. The molecule has 0 aromatic heterocycles. The first kappa shape index (κ1) is 15.4. The topological polar surface area (TPSA) is 23.6 Å². The number of halogens is 3. The van der Waals surface area contributed by atoms with Crippen LogP contribution in [0.1, 0.15) is 18.9 Å². The number of rotatable bonds is 2. The zero-order chi connectivity index (χ0) is 14.7. The summed E-state index contributed by atoms with van der Waals surface area (Å²) in [6, 6.07) is 2.64. The molecule has 0 N–H and O–H groups in total. The maximum atomic E-state index is 13.9. The summed E-state index contributed by atoms with van der Waals surface area (Å²) >= 11 is 3.08. The van der Waals surface area contributed by atoms with Crippen molar-refractivity contribution in [2.75, 3.05) is 26.2 Å². The largest absolute Gasteiger partial charge is 0.342 e. The first-order valence-corrected chi connectivity index (χ1v) is 7.38. The Morgan fingerprint density at radius 2 is 2.00 bits per heavy atom. The van der Waals surface area contributed by atoms with E-state index < -0.39 is 11.6 Å². The molecule has 3 nitrogen and oxygen atoms in total. The van der Waals surface area contributed by atoms with Gasteiger partial charge in [-0.1, -0.05) is 0 Å². The van der Waals surface area contributed by atoms with Crippen molar-refractivity contribution in [1.82, 2.24) is 9.80 Å². The molecule has 6 heteroatoms. The lowest BCUT2D eigenvalue weighted by molar-refractivity contribution is -0.128. The lowest BCUT2D eigenvalue weighted by atomic mass is 10.2. The molecule has 1 amide bonds. The van der Waals surface area contributed by atoms with Crippen LogP contribution < -0.4 is 0 Å². The molecule has 0 spiro atoms. The van der Waals surface area contributed by atoms with Crippen molar-refractivity contribution in [3.05, 3.63) is 33.8 Å². The summed E-state index contributed by atoms with van der Waals surface area (Å²) in [6.45, 7) is 4.44. The minimum Gasteiger partial charge on any atom is -0.342 e. The van der Waals surface area contributed by atoms with Crippen molar-refractivity contribution in [2.45, 2.75) is 19.9 Å². The highest BCUT2D eigenvalue weighted by Gasteiger charge is 2.20. The Kier molecular flexibility index (Phi) is 5.10. The molecule has 1 saturated heterocycles. The molecule has 0 unspecified atom stereocenters. The van der Waals surface area contributed by atoms with Crippen LogP contribution in [0.4, 0.5) is 8.78 Å². The lowest BCUT2D eigenvalue weighted by Crippen LogP contribution is -2.33. The van der Waals surface area contributed by atoms with Gasteiger partial charge in [0.15, 0.2) is 0 Å². The number of hydrogen-bond donors (Lipinski definition) is 0. The molecule has 1 heterocycles. The molecule has 0 aliphatic carbocycles. The normalized spacial score (nSPS) is 17.1. The van der Waals surface area contributed by atoms with Gasteiger partial charge >= 0.3 is 0 Å². The van der Waals surface area contributed by atoms with Crippen LogP contribution in [-0.4, -0.2) is 41.9 Å². The molecule has 1 aliphatic heterocycles. The third-order valence-electron chi connectivity index (χ3n) is 3.55. The minimum atomic E-state index is -0.544. The maximum absolute atomic E-state index is 13.9. The van der Waals surface area contributed by atoms with E-state index in [0.29, 0.717) is 19.6 Å². The highest BCUT2D eigenvalue weighted by molar-refractivity contribution is 9.10. The molecule has 1 fully saturated rings. The zero-order valence-corrected chi connectivity index (χ0v) is 12.9. The summed E-state index contributed by atoms with van der Waals surface area (Å²) in [4.78, 5) is 15.1. The second kappa shape index (κ2) is 6.63. The molecule has 20 heavy (non-hydrogen) atoms. The number of benzene rings is 1. The number of nitrogens with zero attached hydrogens (tertiary/aromatic N) is 2. The third kappa shape index (κ3) is 3.55. The predicted octanol–water partition coefficient (Wildman–Crippen LogP) is 2.78. The van der Waals surface area contributed by atoms with Crippen LogP contribution in [0.3, 0.4) is 0 Å². The van der Waals surface area contributed by atoms with Gasteiger partial charge in [-0.05, 0) is 34.5 Å². The van der Waals surface area contributed by atoms with E-state index in [1.807, 2.05) is 4.90 Å². The van der Waals surface area contributed by atoms with Crippen LogP contribution in [0.15, 0.2) is 16.6 Å². The Morgan fingerprint density at radius 1 is 1.25 bits per heavy atom. The molecule has 1 aliphatic rings. The second-order valence-corrected chi connectivity index (χ2v) is 5.81. The lowest BCUT2D eigenvalue weighted by Gasteiger charge is -2.21. The van der Waals surface area contributed by atoms with E-state index >= 15 is 0 Å². The summed E-state index contributed by atoms with van der Waals surface area (Å²) in [5.74, 6) is -1.03. The van der Waals surface area contributed by atoms with Crippen LogP contribution in [0.5, 0.6) is 0 Å². The van der Waals surface area contributed by atoms with E-state index in [1.54, 1.807) is 11.8 Å². The van der Waals surface area contributed by atoms with Crippen molar-refractivity contribution in [1.29, 1.82) is 0 Å². The zero-order valence-electron chi connectivity index (χ0n) is 11.3. The van der Waals surface area contributed by atoms with Crippen LogP contribution >= 0.6 is 15.9 Å². The van der Waals surface area contributed by atoms with Crippen LogP contribution in [0, 0.1) is 11.6 Å². The van der Waals surface area contributed by atoms with E-state index in [-0.39, 0.29) is 22.5 Å². The van der Waals surface area contributed by atoms with Crippen molar-refractivity contribution in [2.24, 2.45) is 0 Å². The van der Waals surface area contributed by atoms with Gasteiger partial charge < -0.3 is 4.90 Å². The Balaban J connectivity index is 2.07. The van der Waals surface area contributed by atoms with E-state index in [2.05, 4.69) is 15.9 Å². The van der Waals surface area contributed by atoms with Crippen LogP contribution in [0.2, 0.25) is 0 Å². The Morgan fingerprint density at radius 3 is 2.70 bits per heavy atom. The monoisotopic (exact) mass is 346 g/mol. The molecular weight excluding hydrogens is 330 g/mol. The molecular formula is C14H17BrF2N2O. The van der Waals surface area contributed by atoms with Crippen LogP contribution in [0.25, 0.3) is 0 Å². The fourth-order valence-corrected chi connectivity index (χ4v) is 2.75. The molecule has 2 rings (SSSR count). The minimum absolute atomic E-state index is 0.0478. The molecule has 0 saturated carbocycles. The van der Waals surface area contributed by atoms with Crippen molar-refractivity contribution >= 4 is 21.8 Å². The third-order valence-corrected chi connectivity index (χ3v) is 4.17. The van der Waals surface area contributed by atoms with Crippen molar-refractivity contribution in [3.8, 4) is 0 Å². The van der Waals surface area contributed by atoms with Crippen molar-refractivity contribution < 1.29 is 13.6 Å². The fraction of sp³-hybridized carbons (Fsp3) is 0.500. The number of carbonyl (C=O) groups is 1. The maximum Gasteiger partial charge on any atom is 0.219 e. The Bertz CT molecular complexity index is 510. The first-order valence-electron chi connectivity index (χ1n) is 6.59. The average molecular weight is 347 g/mol. The summed E-state index contributed by atoms with van der Waals surface area (Å²) in [5.41, 5.74) is 0.0793. The van der Waals surface area contributed by atoms with Gasteiger partial charge in [0.2, 0.25) is 5.91 Å². The van der Waals surface area contributed by atoms with E-state index in [9.17, 15) is 13.6 Å². The van der Waals surface area contributed by atoms with E-state index in [1.165, 1.54) is 12.1 Å². The number of hydrogen-bond acceptors (Lipinski definition) is 2. The molecule has 0 radical (unpaired) electrons. The molecule has 0 atom stereocenters. The molecule has 1 aromatic rings. The predicted molar refractivity (Wildman–Crippen MR) is 76.2 cm³/mol. The highest BCUT2D eigenvalue weighted by Crippen LogP contribution is 2.23. The SMILES string of the molecule is CC(=O)N1CCCN(Cc2c(F)ccc(Br)c2F)CC1. The van der Waals surface area contributed by atoms with Gasteiger partial charge in [-0.2, -0.15) is 0 Å². The summed E-state index contributed by atoms with van der Waals surface area (Å²) in [5, 5.41) is 0. The summed E-state index contributed by atoms with van der Waals surface area (Å²) < 4.78 is 28.0. The summed E-state index contributed by atoms with van der Waals surface area (Å²) in [7, 11) is 0. The average Bonchev–Trinajstić information content (AvgIpc) is 2.65. The van der Waals surface area contributed by atoms with E-state index in [0.717, 1.165) is 13.0 Å². The van der Waals surface area contributed by atoms with Gasteiger partial charge in [-0.15, -0.1) is 0 Å². The van der Waals surface area contributed by atoms with Gasteiger partial charge in [-0.3, -0.25) is 9.69 Å². The Labute approximate surface area is 125 Å². The van der Waals surface area contributed by atoms with Crippen LogP contribution in [-0.2, 0) is 11.3 Å². The Hall–Kier alpha value is -1.01. The van der Waals surface area contributed by atoms with Gasteiger partial charge in [0.05, 0.1) is 4.47 Å². The van der Waals surface area contributed by atoms with Gasteiger partial charge in [0, 0.05) is 45.2 Å². The second-order valence-electron chi connectivity index (χ2n) is 4.96. The standard InChI is InChI=1S/C14H17BrF2N2O/c1-10(20)19-6-2-5-18(7-8-19)9-11-13(16)4-3-12(15)14(11)17/h3-4H,2,5-9H2,1H3. The van der Waals surface area contributed by atoms with Gasteiger partial charge in [0.25, 0.3) is 0 Å². The van der Waals surface area contributed by atoms with Crippen molar-refractivity contribution in [3.63, 3.8) is 0 Å². The molecule has 1 aromatic carbocycles. The molecule has 110 valence electrons.